The number of benzene rings is 2. The number of allylic oxidation sites excluding steroid dienone is 1. The molecule has 170 valence electrons. The van der Waals surface area contributed by atoms with E-state index in [1.165, 1.54) is 16.2 Å². The Morgan fingerprint density at radius 1 is 1.09 bits per heavy atom. The third-order valence-corrected chi connectivity index (χ3v) is 6.41. The van der Waals surface area contributed by atoms with E-state index in [9.17, 15) is 9.59 Å². The quantitative estimate of drug-likeness (QED) is 0.386. The van der Waals surface area contributed by atoms with Crippen LogP contribution in [0.4, 0.5) is 11.4 Å². The lowest BCUT2D eigenvalue weighted by Crippen LogP contribution is -2.54. The van der Waals surface area contributed by atoms with Gasteiger partial charge in [0.05, 0.1) is 11.2 Å². The molecule has 1 fully saturated rings. The minimum Gasteiger partial charge on any atom is -0.362 e. The summed E-state index contributed by atoms with van der Waals surface area (Å²) in [6.45, 7) is 11.6. The van der Waals surface area contributed by atoms with Crippen LogP contribution in [0.1, 0.15) is 50.8 Å². The maximum atomic E-state index is 13.3. The zero-order valence-electron chi connectivity index (χ0n) is 19.7. The number of aryl methyl sites for hydroxylation is 1. The van der Waals surface area contributed by atoms with Crippen LogP contribution in [0, 0.1) is 6.92 Å². The lowest BCUT2D eigenvalue weighted by Gasteiger charge is -2.43. The van der Waals surface area contributed by atoms with Crippen LogP contribution in [0.5, 0.6) is 0 Å². The van der Waals surface area contributed by atoms with Crippen LogP contribution in [0.15, 0.2) is 54.1 Å². The monoisotopic (exact) mass is 459 g/mol. The Bertz CT molecular complexity index is 1230. The number of nitrogens with one attached hydrogen (secondary N) is 1. The number of carbonyl (C=O) groups is 2. The first-order valence-electron chi connectivity index (χ1n) is 11.2. The molecule has 1 N–H and O–H groups in total. The third-order valence-electron chi connectivity index (χ3n) is 6.12. The number of hydrogen-bond acceptors (Lipinski definition) is 4. The number of anilines is 2. The number of hydrogen-bond donors (Lipinski definition) is 1. The number of fused-ring (bicyclic) bond motifs is 1. The zero-order valence-corrected chi connectivity index (χ0v) is 20.5. The van der Waals surface area contributed by atoms with Gasteiger partial charge in [-0.3, -0.25) is 19.8 Å². The van der Waals surface area contributed by atoms with Crippen molar-refractivity contribution in [2.45, 2.75) is 46.6 Å². The van der Waals surface area contributed by atoms with E-state index in [0.29, 0.717) is 5.69 Å². The first kappa shape index (κ1) is 22.9. The van der Waals surface area contributed by atoms with Gasteiger partial charge in [-0.1, -0.05) is 31.2 Å². The topological polar surface area (TPSA) is 52.7 Å². The van der Waals surface area contributed by atoms with E-state index >= 15 is 0 Å². The molecule has 0 unspecified atom stereocenters. The highest BCUT2D eigenvalue weighted by Crippen LogP contribution is 2.39. The summed E-state index contributed by atoms with van der Waals surface area (Å²) in [6.07, 6.45) is 4.98. The molecule has 0 spiro atoms. The summed E-state index contributed by atoms with van der Waals surface area (Å²) in [6, 6.07) is 13.6. The number of nitrogens with zero attached hydrogens (tertiary/aromatic N) is 2. The lowest BCUT2D eigenvalue weighted by molar-refractivity contribution is -0.122. The predicted molar refractivity (Wildman–Crippen MR) is 139 cm³/mol. The third kappa shape index (κ3) is 4.23. The molecule has 0 aromatic heterocycles. The zero-order chi connectivity index (χ0) is 23.9. The molecule has 2 amide bonds. The van der Waals surface area contributed by atoms with Crippen LogP contribution >= 0.6 is 12.2 Å². The average molecular weight is 460 g/mol. The van der Waals surface area contributed by atoms with Crippen LogP contribution in [0.25, 0.3) is 11.6 Å². The number of amides is 2. The summed E-state index contributed by atoms with van der Waals surface area (Å²) in [7, 11) is 0. The molecule has 0 aliphatic carbocycles. The molecule has 0 radical (unpaired) electrons. The van der Waals surface area contributed by atoms with Crippen molar-refractivity contribution < 1.29 is 9.59 Å². The number of thiocarbonyl (C=S) groups is 1. The Morgan fingerprint density at radius 3 is 2.55 bits per heavy atom. The second-order valence-electron chi connectivity index (χ2n) is 9.21. The molecule has 2 heterocycles. The van der Waals surface area contributed by atoms with Gasteiger partial charge in [-0.05, 0) is 93.4 Å². The fourth-order valence-electron chi connectivity index (χ4n) is 4.65. The molecule has 4 rings (SSSR count). The minimum atomic E-state index is -0.479. The largest absolute Gasteiger partial charge is 0.362 e. The van der Waals surface area contributed by atoms with Gasteiger partial charge in [0.2, 0.25) is 0 Å². The van der Waals surface area contributed by atoms with Crippen molar-refractivity contribution in [2.75, 3.05) is 16.3 Å². The molecule has 2 aromatic rings. The normalized spacial score (nSPS) is 18.9. The van der Waals surface area contributed by atoms with Gasteiger partial charge in [0, 0.05) is 17.8 Å². The van der Waals surface area contributed by atoms with Crippen molar-refractivity contribution in [3.05, 3.63) is 70.8 Å². The Balaban J connectivity index is 1.74. The maximum absolute atomic E-state index is 13.3. The highest BCUT2D eigenvalue weighted by atomic mass is 32.1. The van der Waals surface area contributed by atoms with Crippen molar-refractivity contribution >= 4 is 52.2 Å². The molecule has 5 nitrogen and oxygen atoms in total. The summed E-state index contributed by atoms with van der Waals surface area (Å²) in [5, 5.41) is 2.76. The Hall–Kier alpha value is -3.25. The SMILES string of the molecule is CCCN1c2ccc(/C=C3/C(=O)NC(=S)N(c4cccc(C)c4)C3=O)cc2C(C)=CC1(C)C. The minimum absolute atomic E-state index is 0.0632. The smallest absolute Gasteiger partial charge is 0.270 e. The molecule has 2 aliphatic heterocycles. The van der Waals surface area contributed by atoms with Crippen LogP contribution < -0.4 is 15.1 Å². The lowest BCUT2D eigenvalue weighted by atomic mass is 9.87. The van der Waals surface area contributed by atoms with Gasteiger partial charge in [-0.25, -0.2) is 0 Å². The molecular formula is C27H29N3O2S. The molecule has 6 heteroatoms. The molecule has 2 aliphatic rings. The average Bonchev–Trinajstić information content (AvgIpc) is 2.74. The number of rotatable bonds is 4. The van der Waals surface area contributed by atoms with Gasteiger partial charge < -0.3 is 4.90 Å². The van der Waals surface area contributed by atoms with Crippen molar-refractivity contribution in [3.63, 3.8) is 0 Å². The summed E-state index contributed by atoms with van der Waals surface area (Å²) < 4.78 is 0. The first-order valence-corrected chi connectivity index (χ1v) is 11.6. The fraction of sp³-hybridized carbons (Fsp3) is 0.296. The molecule has 0 atom stereocenters. The van der Waals surface area contributed by atoms with Crippen molar-refractivity contribution in [1.29, 1.82) is 0 Å². The van der Waals surface area contributed by atoms with Gasteiger partial charge in [0.1, 0.15) is 5.57 Å². The molecule has 0 saturated carbocycles. The van der Waals surface area contributed by atoms with E-state index in [1.807, 2.05) is 37.3 Å². The molecular weight excluding hydrogens is 430 g/mol. The van der Waals surface area contributed by atoms with Crippen molar-refractivity contribution in [3.8, 4) is 0 Å². The van der Waals surface area contributed by atoms with Gasteiger partial charge >= 0.3 is 0 Å². The second kappa shape index (κ2) is 8.60. The van der Waals surface area contributed by atoms with Crippen molar-refractivity contribution in [1.82, 2.24) is 5.32 Å². The fourth-order valence-corrected chi connectivity index (χ4v) is 4.93. The summed E-state index contributed by atoms with van der Waals surface area (Å²) in [5.74, 6) is -0.902. The van der Waals surface area contributed by atoms with Gasteiger partial charge in [-0.15, -0.1) is 0 Å². The van der Waals surface area contributed by atoms with Crippen LogP contribution in [-0.4, -0.2) is 29.0 Å². The summed E-state index contributed by atoms with van der Waals surface area (Å²) in [5.41, 5.74) is 5.90. The maximum Gasteiger partial charge on any atom is 0.270 e. The predicted octanol–water partition coefficient (Wildman–Crippen LogP) is 5.24. The second-order valence-corrected chi connectivity index (χ2v) is 9.59. The Kier molecular flexibility index (Phi) is 5.97. The Morgan fingerprint density at radius 2 is 1.85 bits per heavy atom. The van der Waals surface area contributed by atoms with Crippen LogP contribution in [-0.2, 0) is 9.59 Å². The molecule has 2 aromatic carbocycles. The molecule has 0 bridgehead atoms. The van der Waals surface area contributed by atoms with E-state index in [-0.39, 0.29) is 16.2 Å². The first-order chi connectivity index (χ1) is 15.6. The van der Waals surface area contributed by atoms with Crippen molar-refractivity contribution in [2.24, 2.45) is 0 Å². The Labute approximate surface area is 200 Å². The summed E-state index contributed by atoms with van der Waals surface area (Å²) in [4.78, 5) is 29.8. The van der Waals surface area contributed by atoms with Crippen LogP contribution in [0.3, 0.4) is 0 Å². The van der Waals surface area contributed by atoms with Gasteiger partial charge in [0.15, 0.2) is 5.11 Å². The molecule has 1 saturated heterocycles. The molecule has 33 heavy (non-hydrogen) atoms. The van der Waals surface area contributed by atoms with E-state index in [1.54, 1.807) is 6.08 Å². The standard InChI is InChI=1S/C27H29N3O2S/c1-6-12-29-23-11-10-19(14-21(23)18(3)16-27(29,4)5)15-22-24(31)28-26(33)30(25(22)32)20-9-7-8-17(2)13-20/h7-11,13-16H,6,12H2,1-5H3,(H,28,31,33)/b22-15-. The van der Waals surface area contributed by atoms with Gasteiger partial charge in [-0.2, -0.15) is 0 Å². The van der Waals surface area contributed by atoms with E-state index in [0.717, 1.165) is 29.7 Å². The van der Waals surface area contributed by atoms with E-state index < -0.39 is 11.8 Å². The van der Waals surface area contributed by atoms with Crippen LogP contribution in [0.2, 0.25) is 0 Å². The highest BCUT2D eigenvalue weighted by molar-refractivity contribution is 7.80. The van der Waals surface area contributed by atoms with E-state index in [2.05, 4.69) is 56.1 Å². The number of carbonyl (C=O) groups excluding carboxylic acids is 2. The van der Waals surface area contributed by atoms with Gasteiger partial charge in [0.25, 0.3) is 11.8 Å². The summed E-state index contributed by atoms with van der Waals surface area (Å²) >= 11 is 5.31. The van der Waals surface area contributed by atoms with E-state index in [4.69, 9.17) is 12.2 Å². The highest BCUT2D eigenvalue weighted by Gasteiger charge is 2.35.